The quantitative estimate of drug-likeness (QED) is 0.695. The van der Waals surface area contributed by atoms with Gasteiger partial charge in [-0.3, -0.25) is 4.72 Å². The molecular weight excluding hydrogens is 378 g/mol. The lowest BCUT2D eigenvalue weighted by Gasteiger charge is -2.13. The summed E-state index contributed by atoms with van der Waals surface area (Å²) >= 11 is 0. The number of hydrogen-bond donors (Lipinski definition) is 2. The molecule has 0 amide bonds. The average molecular weight is 392 g/mol. The van der Waals surface area contributed by atoms with E-state index in [0.29, 0.717) is 29.4 Å². The minimum atomic E-state index is -4.19. The van der Waals surface area contributed by atoms with Crippen LogP contribution in [0.25, 0.3) is 5.69 Å². The molecule has 1 aromatic heterocycles. The summed E-state index contributed by atoms with van der Waals surface area (Å²) < 4.78 is 55.0. The Hall–Kier alpha value is -3.20. The monoisotopic (exact) mass is 392 g/mol. The molecule has 140 valence electrons. The number of aromatic nitrogens is 1. The van der Waals surface area contributed by atoms with E-state index in [1.165, 1.54) is 22.8 Å². The van der Waals surface area contributed by atoms with Crippen molar-refractivity contribution in [2.24, 2.45) is 0 Å². The molecule has 0 aliphatic heterocycles. The van der Waals surface area contributed by atoms with Crippen LogP contribution in [0.15, 0.2) is 59.6 Å². The third-order valence-corrected chi connectivity index (χ3v) is 5.18. The molecule has 0 spiro atoms. The summed E-state index contributed by atoms with van der Waals surface area (Å²) in [6.45, 7) is 1.68. The minimum absolute atomic E-state index is 0.0571. The Bertz CT molecular complexity index is 1120. The fourth-order valence-corrected chi connectivity index (χ4v) is 3.74. The number of rotatable bonds is 5. The van der Waals surface area contributed by atoms with Gasteiger partial charge >= 0.3 is 5.97 Å². The SMILES string of the molecule is Cc1cc(NS(=O)(=O)c2cc(F)cc(F)c2)ccc1-n1cccc1C(=O)O. The summed E-state index contributed by atoms with van der Waals surface area (Å²) in [4.78, 5) is 10.7. The standard InChI is InChI=1S/C18H14F2N2O4S/c1-11-7-14(4-5-16(11)22-6-2-3-17(22)18(23)24)21-27(25,26)15-9-12(19)8-13(20)10-15/h2-10,21H,1H3,(H,23,24). The molecule has 2 N–H and O–H groups in total. The first-order chi connectivity index (χ1) is 12.7. The summed E-state index contributed by atoms with van der Waals surface area (Å²) in [5.41, 5.74) is 1.38. The van der Waals surface area contributed by atoms with Gasteiger partial charge in [-0.15, -0.1) is 0 Å². The topological polar surface area (TPSA) is 88.4 Å². The van der Waals surface area contributed by atoms with Crippen LogP contribution in [0.5, 0.6) is 0 Å². The van der Waals surface area contributed by atoms with Crippen molar-refractivity contribution >= 4 is 21.7 Å². The molecule has 0 radical (unpaired) electrons. The molecule has 3 aromatic rings. The predicted octanol–water partition coefficient (Wildman–Crippen LogP) is 3.56. The summed E-state index contributed by atoms with van der Waals surface area (Å²) in [5.74, 6) is -3.11. The van der Waals surface area contributed by atoms with Crippen molar-refractivity contribution in [1.29, 1.82) is 0 Å². The Morgan fingerprint density at radius 1 is 1.07 bits per heavy atom. The average Bonchev–Trinajstić information content (AvgIpc) is 3.03. The zero-order valence-corrected chi connectivity index (χ0v) is 14.8. The molecule has 2 aromatic carbocycles. The second kappa shape index (κ2) is 6.84. The molecule has 6 nitrogen and oxygen atoms in total. The Kier molecular flexibility index (Phi) is 4.71. The smallest absolute Gasteiger partial charge is 0.352 e. The number of anilines is 1. The van der Waals surface area contributed by atoms with Crippen molar-refractivity contribution in [2.75, 3.05) is 4.72 Å². The Morgan fingerprint density at radius 3 is 2.33 bits per heavy atom. The van der Waals surface area contributed by atoms with E-state index < -0.39 is 32.5 Å². The van der Waals surface area contributed by atoms with Crippen molar-refractivity contribution in [3.8, 4) is 5.69 Å². The minimum Gasteiger partial charge on any atom is -0.477 e. The van der Waals surface area contributed by atoms with E-state index in [-0.39, 0.29) is 11.4 Å². The van der Waals surface area contributed by atoms with Gasteiger partial charge in [-0.1, -0.05) is 0 Å². The third kappa shape index (κ3) is 3.82. The summed E-state index contributed by atoms with van der Waals surface area (Å²) in [6.07, 6.45) is 1.57. The second-order valence-corrected chi connectivity index (χ2v) is 7.46. The Balaban J connectivity index is 1.94. The first-order valence-electron chi connectivity index (χ1n) is 7.68. The van der Waals surface area contributed by atoms with Crippen molar-refractivity contribution in [3.05, 3.63) is 77.6 Å². The first kappa shape index (κ1) is 18.6. The molecule has 9 heteroatoms. The number of halogens is 2. The van der Waals surface area contributed by atoms with E-state index in [9.17, 15) is 27.1 Å². The van der Waals surface area contributed by atoms with Crippen molar-refractivity contribution < 1.29 is 27.1 Å². The van der Waals surface area contributed by atoms with Crippen LogP contribution in [0.1, 0.15) is 16.1 Å². The van der Waals surface area contributed by atoms with E-state index in [1.54, 1.807) is 25.3 Å². The highest BCUT2D eigenvalue weighted by Crippen LogP contribution is 2.24. The zero-order chi connectivity index (χ0) is 19.8. The number of aryl methyl sites for hydroxylation is 1. The number of sulfonamides is 1. The highest BCUT2D eigenvalue weighted by molar-refractivity contribution is 7.92. The van der Waals surface area contributed by atoms with Crippen LogP contribution in [0.4, 0.5) is 14.5 Å². The molecule has 0 unspecified atom stereocenters. The molecule has 27 heavy (non-hydrogen) atoms. The van der Waals surface area contributed by atoms with Gasteiger partial charge in [-0.25, -0.2) is 22.0 Å². The molecule has 0 aliphatic carbocycles. The number of nitrogens with one attached hydrogen (secondary N) is 1. The predicted molar refractivity (Wildman–Crippen MR) is 94.6 cm³/mol. The van der Waals surface area contributed by atoms with Gasteiger partial charge in [-0.2, -0.15) is 0 Å². The van der Waals surface area contributed by atoms with E-state index >= 15 is 0 Å². The van der Waals surface area contributed by atoms with Crippen LogP contribution in [-0.4, -0.2) is 24.1 Å². The fraction of sp³-hybridized carbons (Fsp3) is 0.0556. The number of nitrogens with zero attached hydrogens (tertiary/aromatic N) is 1. The first-order valence-corrected chi connectivity index (χ1v) is 9.16. The van der Waals surface area contributed by atoms with Crippen LogP contribution in [-0.2, 0) is 10.0 Å². The lowest BCUT2D eigenvalue weighted by atomic mass is 10.1. The van der Waals surface area contributed by atoms with Gasteiger partial charge in [0.15, 0.2) is 0 Å². The van der Waals surface area contributed by atoms with Gasteiger partial charge in [0.2, 0.25) is 0 Å². The lowest BCUT2D eigenvalue weighted by molar-refractivity contribution is 0.0688. The summed E-state index contributed by atoms with van der Waals surface area (Å²) in [7, 11) is -4.19. The van der Waals surface area contributed by atoms with Gasteiger partial charge in [0.05, 0.1) is 4.90 Å². The van der Waals surface area contributed by atoms with Gasteiger partial charge in [0, 0.05) is 23.6 Å². The molecule has 3 rings (SSSR count). The Morgan fingerprint density at radius 2 is 1.74 bits per heavy atom. The molecular formula is C18H14F2N2O4S. The summed E-state index contributed by atoms with van der Waals surface area (Å²) in [6, 6.07) is 9.50. The molecule has 0 aliphatic rings. The molecule has 0 bridgehead atoms. The van der Waals surface area contributed by atoms with Gasteiger partial charge in [0.1, 0.15) is 17.3 Å². The lowest BCUT2D eigenvalue weighted by Crippen LogP contribution is -2.14. The Labute approximate surface area is 153 Å². The van der Waals surface area contributed by atoms with E-state index in [1.807, 2.05) is 0 Å². The number of carbonyl (C=O) groups is 1. The molecule has 0 saturated heterocycles. The van der Waals surface area contributed by atoms with Crippen LogP contribution >= 0.6 is 0 Å². The molecule has 0 atom stereocenters. The number of carboxylic acids is 1. The van der Waals surface area contributed by atoms with E-state index in [0.717, 1.165) is 0 Å². The largest absolute Gasteiger partial charge is 0.477 e. The molecule has 0 fully saturated rings. The van der Waals surface area contributed by atoms with E-state index in [4.69, 9.17) is 0 Å². The molecule has 0 saturated carbocycles. The number of hydrogen-bond acceptors (Lipinski definition) is 3. The maximum Gasteiger partial charge on any atom is 0.352 e. The highest BCUT2D eigenvalue weighted by atomic mass is 32.2. The van der Waals surface area contributed by atoms with Crippen LogP contribution < -0.4 is 4.72 Å². The van der Waals surface area contributed by atoms with Crippen molar-refractivity contribution in [3.63, 3.8) is 0 Å². The normalized spacial score (nSPS) is 11.4. The van der Waals surface area contributed by atoms with Gasteiger partial charge in [0.25, 0.3) is 10.0 Å². The van der Waals surface area contributed by atoms with Gasteiger partial charge < -0.3 is 9.67 Å². The highest BCUT2D eigenvalue weighted by Gasteiger charge is 2.18. The van der Waals surface area contributed by atoms with Crippen LogP contribution in [0.3, 0.4) is 0 Å². The van der Waals surface area contributed by atoms with Crippen LogP contribution in [0, 0.1) is 18.6 Å². The number of carboxylic acid groups (broad SMARTS) is 1. The molecule has 1 heterocycles. The maximum absolute atomic E-state index is 13.3. The van der Waals surface area contributed by atoms with Crippen LogP contribution in [0.2, 0.25) is 0 Å². The summed E-state index contributed by atoms with van der Waals surface area (Å²) in [5, 5.41) is 9.21. The van der Waals surface area contributed by atoms with Gasteiger partial charge in [-0.05, 0) is 55.0 Å². The van der Waals surface area contributed by atoms with Crippen molar-refractivity contribution in [2.45, 2.75) is 11.8 Å². The maximum atomic E-state index is 13.3. The number of aromatic carboxylic acids is 1. The van der Waals surface area contributed by atoms with E-state index in [2.05, 4.69) is 4.72 Å². The van der Waals surface area contributed by atoms with Crippen molar-refractivity contribution in [1.82, 2.24) is 4.57 Å². The second-order valence-electron chi connectivity index (χ2n) is 5.78. The fourth-order valence-electron chi connectivity index (χ4n) is 2.65. The number of benzene rings is 2. The third-order valence-electron chi connectivity index (χ3n) is 3.82. The zero-order valence-electron chi connectivity index (χ0n) is 14.0.